The van der Waals surface area contributed by atoms with Gasteiger partial charge < -0.3 is 4.90 Å². The van der Waals surface area contributed by atoms with E-state index in [1.165, 1.54) is 58.2 Å². The van der Waals surface area contributed by atoms with Gasteiger partial charge in [-0.2, -0.15) is 0 Å². The largest absolute Gasteiger partial charge is 0.304 e. The maximum atomic E-state index is 2.61. The quantitative estimate of drug-likeness (QED) is 0.585. The van der Waals surface area contributed by atoms with Crippen molar-refractivity contribution in [2.24, 2.45) is 5.92 Å². The average Bonchev–Trinajstić information content (AvgIpc) is 2.08. The fourth-order valence-corrected chi connectivity index (χ4v) is 1.96. The van der Waals surface area contributed by atoms with Crippen LogP contribution in [0.4, 0.5) is 0 Å². The van der Waals surface area contributed by atoms with Gasteiger partial charge in [0.15, 0.2) is 0 Å². The molecule has 0 radical (unpaired) electrons. The Labute approximate surface area is 83.5 Å². The predicted molar refractivity (Wildman–Crippen MR) is 59.0 cm³/mol. The second-order valence-electron chi connectivity index (χ2n) is 4.37. The van der Waals surface area contributed by atoms with E-state index in [0.29, 0.717) is 0 Å². The Balaban J connectivity index is 2.00. The summed E-state index contributed by atoms with van der Waals surface area (Å²) in [5.41, 5.74) is 0. The summed E-state index contributed by atoms with van der Waals surface area (Å²) in [5, 5.41) is 0. The second kappa shape index (κ2) is 6.42. The molecule has 1 aliphatic carbocycles. The molecule has 0 N–H and O–H groups in total. The minimum absolute atomic E-state index is 1.08. The summed E-state index contributed by atoms with van der Waals surface area (Å²) in [6.07, 6.45) is 8.67. The average molecular weight is 183 g/mol. The zero-order chi connectivity index (χ0) is 9.52. The van der Waals surface area contributed by atoms with Gasteiger partial charge in [-0.25, -0.2) is 0 Å². The van der Waals surface area contributed by atoms with Crippen molar-refractivity contribution in [3.05, 3.63) is 0 Å². The first-order valence-electron chi connectivity index (χ1n) is 6.09. The van der Waals surface area contributed by atoms with Crippen LogP contribution >= 0.6 is 0 Å². The Morgan fingerprint density at radius 1 is 1.15 bits per heavy atom. The predicted octanol–water partition coefficient (Wildman–Crippen LogP) is 3.30. The minimum atomic E-state index is 1.08. The molecule has 0 spiro atoms. The molecule has 1 nitrogen and oxygen atoms in total. The van der Waals surface area contributed by atoms with E-state index in [-0.39, 0.29) is 0 Å². The molecule has 1 fully saturated rings. The molecule has 0 saturated heterocycles. The van der Waals surface area contributed by atoms with Crippen molar-refractivity contribution in [2.75, 3.05) is 19.6 Å². The summed E-state index contributed by atoms with van der Waals surface area (Å²) in [6.45, 7) is 8.48. The van der Waals surface area contributed by atoms with E-state index in [9.17, 15) is 0 Å². The Bertz CT molecular complexity index is 118. The standard InChI is InChI=1S/C12H25N/c1-3-5-10-13(4-2)11-9-12-7-6-8-12/h12H,3-11H2,1-2H3. The van der Waals surface area contributed by atoms with Gasteiger partial charge in [0.05, 0.1) is 0 Å². The lowest BCUT2D eigenvalue weighted by molar-refractivity contribution is 0.218. The molecule has 0 atom stereocenters. The van der Waals surface area contributed by atoms with E-state index in [2.05, 4.69) is 18.7 Å². The molecule has 0 aromatic rings. The van der Waals surface area contributed by atoms with Gasteiger partial charge in [0.2, 0.25) is 0 Å². The van der Waals surface area contributed by atoms with Crippen LogP contribution in [0.15, 0.2) is 0 Å². The monoisotopic (exact) mass is 183 g/mol. The number of hydrogen-bond donors (Lipinski definition) is 0. The van der Waals surface area contributed by atoms with Gasteiger partial charge in [-0.05, 0) is 38.4 Å². The van der Waals surface area contributed by atoms with Crippen LogP contribution in [-0.2, 0) is 0 Å². The van der Waals surface area contributed by atoms with E-state index in [1.807, 2.05) is 0 Å². The molecule has 0 aromatic heterocycles. The van der Waals surface area contributed by atoms with Gasteiger partial charge >= 0.3 is 0 Å². The summed E-state index contributed by atoms with van der Waals surface area (Å²) in [7, 11) is 0. The summed E-state index contributed by atoms with van der Waals surface area (Å²) >= 11 is 0. The molecule has 0 heterocycles. The molecule has 1 heteroatoms. The van der Waals surface area contributed by atoms with Crippen LogP contribution in [0.2, 0.25) is 0 Å². The van der Waals surface area contributed by atoms with Crippen molar-refractivity contribution in [1.82, 2.24) is 4.90 Å². The normalized spacial score (nSPS) is 17.8. The molecule has 0 bridgehead atoms. The molecule has 0 aliphatic heterocycles. The highest BCUT2D eigenvalue weighted by Gasteiger charge is 2.17. The van der Waals surface area contributed by atoms with Crippen LogP contribution in [-0.4, -0.2) is 24.5 Å². The van der Waals surface area contributed by atoms with Gasteiger partial charge in [-0.3, -0.25) is 0 Å². The first-order chi connectivity index (χ1) is 6.36. The van der Waals surface area contributed by atoms with Crippen LogP contribution in [0.25, 0.3) is 0 Å². The molecule has 1 saturated carbocycles. The molecule has 13 heavy (non-hydrogen) atoms. The second-order valence-corrected chi connectivity index (χ2v) is 4.37. The van der Waals surface area contributed by atoms with E-state index in [1.54, 1.807) is 0 Å². The highest BCUT2D eigenvalue weighted by molar-refractivity contribution is 4.71. The first-order valence-corrected chi connectivity index (χ1v) is 6.09. The lowest BCUT2D eigenvalue weighted by Gasteiger charge is -2.28. The number of rotatable bonds is 7. The van der Waals surface area contributed by atoms with Crippen LogP contribution in [0, 0.1) is 5.92 Å². The fourth-order valence-electron chi connectivity index (χ4n) is 1.96. The van der Waals surface area contributed by atoms with E-state index in [4.69, 9.17) is 0 Å². The number of hydrogen-bond acceptors (Lipinski definition) is 1. The highest BCUT2D eigenvalue weighted by atomic mass is 15.1. The third kappa shape index (κ3) is 4.12. The SMILES string of the molecule is CCCCN(CC)CCC1CCC1. The summed E-state index contributed by atoms with van der Waals surface area (Å²) in [4.78, 5) is 2.61. The van der Waals surface area contributed by atoms with Crippen LogP contribution in [0.1, 0.15) is 52.4 Å². The minimum Gasteiger partial charge on any atom is -0.304 e. The topological polar surface area (TPSA) is 3.24 Å². The van der Waals surface area contributed by atoms with E-state index in [0.717, 1.165) is 5.92 Å². The van der Waals surface area contributed by atoms with Crippen LogP contribution in [0.3, 0.4) is 0 Å². The van der Waals surface area contributed by atoms with Gasteiger partial charge in [0.25, 0.3) is 0 Å². The molecule has 0 aromatic carbocycles. The Morgan fingerprint density at radius 3 is 2.38 bits per heavy atom. The smallest absolute Gasteiger partial charge is 0.00162 e. The number of nitrogens with zero attached hydrogens (tertiary/aromatic N) is 1. The summed E-state index contributed by atoms with van der Waals surface area (Å²) in [5.74, 6) is 1.08. The maximum Gasteiger partial charge on any atom is -0.00162 e. The number of unbranched alkanes of at least 4 members (excludes halogenated alkanes) is 1. The van der Waals surface area contributed by atoms with Gasteiger partial charge in [0.1, 0.15) is 0 Å². The Morgan fingerprint density at radius 2 is 1.92 bits per heavy atom. The van der Waals surface area contributed by atoms with E-state index >= 15 is 0 Å². The van der Waals surface area contributed by atoms with Gasteiger partial charge in [0, 0.05) is 0 Å². The van der Waals surface area contributed by atoms with Crippen molar-refractivity contribution in [3.8, 4) is 0 Å². The van der Waals surface area contributed by atoms with Gasteiger partial charge in [-0.1, -0.05) is 39.5 Å². The molecule has 78 valence electrons. The fraction of sp³-hybridized carbons (Fsp3) is 1.00. The molecule has 1 rings (SSSR count). The third-order valence-corrected chi connectivity index (χ3v) is 3.35. The van der Waals surface area contributed by atoms with Crippen molar-refractivity contribution in [2.45, 2.75) is 52.4 Å². The first kappa shape index (κ1) is 11.0. The molecular weight excluding hydrogens is 158 g/mol. The Kier molecular flexibility index (Phi) is 5.45. The third-order valence-electron chi connectivity index (χ3n) is 3.35. The van der Waals surface area contributed by atoms with Crippen molar-refractivity contribution >= 4 is 0 Å². The highest BCUT2D eigenvalue weighted by Crippen LogP contribution is 2.29. The summed E-state index contributed by atoms with van der Waals surface area (Å²) < 4.78 is 0. The Hall–Kier alpha value is -0.0400. The molecule has 0 unspecified atom stereocenters. The molecular formula is C12H25N. The summed E-state index contributed by atoms with van der Waals surface area (Å²) in [6, 6.07) is 0. The van der Waals surface area contributed by atoms with Crippen LogP contribution < -0.4 is 0 Å². The van der Waals surface area contributed by atoms with E-state index < -0.39 is 0 Å². The maximum absolute atomic E-state index is 2.61. The van der Waals surface area contributed by atoms with Crippen molar-refractivity contribution in [3.63, 3.8) is 0 Å². The van der Waals surface area contributed by atoms with Gasteiger partial charge in [-0.15, -0.1) is 0 Å². The van der Waals surface area contributed by atoms with Crippen LogP contribution in [0.5, 0.6) is 0 Å². The zero-order valence-corrected chi connectivity index (χ0v) is 9.39. The molecule has 0 amide bonds. The lowest BCUT2D eigenvalue weighted by Crippen LogP contribution is -2.28. The van der Waals surface area contributed by atoms with Crippen molar-refractivity contribution < 1.29 is 0 Å². The lowest BCUT2D eigenvalue weighted by atomic mass is 9.83. The van der Waals surface area contributed by atoms with Crippen molar-refractivity contribution in [1.29, 1.82) is 0 Å². The molecule has 1 aliphatic rings. The zero-order valence-electron chi connectivity index (χ0n) is 9.39.